The molecule has 0 radical (unpaired) electrons. The highest BCUT2D eigenvalue weighted by molar-refractivity contribution is 7.14. The average Bonchev–Trinajstić information content (AvgIpc) is 3.37. The van der Waals surface area contributed by atoms with Crippen LogP contribution in [0.15, 0.2) is 41.8 Å². The summed E-state index contributed by atoms with van der Waals surface area (Å²) in [5.74, 6) is 1.08. The summed E-state index contributed by atoms with van der Waals surface area (Å²) in [5.41, 5.74) is 0.914. The molecule has 1 aliphatic rings. The zero-order valence-electron chi connectivity index (χ0n) is 15.0. The van der Waals surface area contributed by atoms with Crippen molar-refractivity contribution in [1.82, 2.24) is 4.98 Å². The van der Waals surface area contributed by atoms with Crippen LogP contribution in [-0.4, -0.2) is 29.7 Å². The topological polar surface area (TPSA) is 125 Å². The summed E-state index contributed by atoms with van der Waals surface area (Å²) in [5, 5.41) is 18.7. The Morgan fingerprint density at radius 2 is 2.07 bits per heavy atom. The lowest BCUT2D eigenvalue weighted by Crippen LogP contribution is -2.13. The molecular weight excluding hydrogens is 400 g/mol. The van der Waals surface area contributed by atoms with Gasteiger partial charge in [0.2, 0.25) is 6.79 Å². The molecule has 2 aromatic carbocycles. The van der Waals surface area contributed by atoms with Gasteiger partial charge in [0.15, 0.2) is 16.6 Å². The van der Waals surface area contributed by atoms with Crippen LogP contribution in [0.1, 0.15) is 10.5 Å². The minimum atomic E-state index is -0.550. The van der Waals surface area contributed by atoms with Crippen molar-refractivity contribution < 1.29 is 23.9 Å². The number of carbonyl (C=O) groups excluding carboxylic acids is 1. The van der Waals surface area contributed by atoms with Gasteiger partial charge in [-0.05, 0) is 18.2 Å². The summed E-state index contributed by atoms with van der Waals surface area (Å²) in [7, 11) is 1.41. The molecule has 10 nitrogen and oxygen atoms in total. The number of fused-ring (bicyclic) bond motifs is 1. The first-order valence-corrected chi connectivity index (χ1v) is 9.17. The van der Waals surface area contributed by atoms with Crippen LogP contribution in [0.4, 0.5) is 22.2 Å². The first-order chi connectivity index (χ1) is 14.0. The van der Waals surface area contributed by atoms with E-state index in [-0.39, 0.29) is 23.9 Å². The van der Waals surface area contributed by atoms with Gasteiger partial charge >= 0.3 is 0 Å². The highest BCUT2D eigenvalue weighted by Crippen LogP contribution is 2.35. The van der Waals surface area contributed by atoms with Crippen molar-refractivity contribution in [3.05, 3.63) is 57.6 Å². The summed E-state index contributed by atoms with van der Waals surface area (Å²) >= 11 is 1.24. The van der Waals surface area contributed by atoms with E-state index in [1.807, 2.05) is 6.07 Å². The van der Waals surface area contributed by atoms with E-state index in [0.717, 1.165) is 5.69 Å². The zero-order chi connectivity index (χ0) is 20.4. The zero-order valence-corrected chi connectivity index (χ0v) is 15.8. The number of amides is 1. The van der Waals surface area contributed by atoms with Gasteiger partial charge in [-0.15, -0.1) is 11.3 Å². The van der Waals surface area contributed by atoms with E-state index in [4.69, 9.17) is 14.2 Å². The average molecular weight is 414 g/mol. The summed E-state index contributed by atoms with van der Waals surface area (Å²) in [6, 6.07) is 9.31. The molecule has 0 unspecified atom stereocenters. The lowest BCUT2D eigenvalue weighted by Gasteiger charge is -2.09. The number of anilines is 3. The third kappa shape index (κ3) is 3.89. The van der Waals surface area contributed by atoms with Crippen LogP contribution in [0.3, 0.4) is 0 Å². The minimum absolute atomic E-state index is 0.159. The first kappa shape index (κ1) is 18.5. The Bertz CT molecular complexity index is 1100. The molecule has 0 fully saturated rings. The number of ether oxygens (including phenoxy) is 3. The van der Waals surface area contributed by atoms with Crippen molar-refractivity contribution in [2.75, 3.05) is 24.5 Å². The molecule has 11 heteroatoms. The molecule has 0 saturated heterocycles. The highest BCUT2D eigenvalue weighted by Gasteiger charge is 2.18. The maximum atomic E-state index is 12.5. The molecule has 3 aromatic rings. The van der Waals surface area contributed by atoms with Crippen molar-refractivity contribution in [3.63, 3.8) is 0 Å². The van der Waals surface area contributed by atoms with Crippen LogP contribution in [-0.2, 0) is 0 Å². The van der Waals surface area contributed by atoms with Crippen LogP contribution in [0, 0.1) is 10.1 Å². The van der Waals surface area contributed by atoms with Crippen LogP contribution in [0.25, 0.3) is 0 Å². The van der Waals surface area contributed by atoms with Crippen molar-refractivity contribution in [1.29, 1.82) is 0 Å². The SMILES string of the molecule is COc1ccc([N+](=O)[O-])cc1NC(=O)c1csc(Nc2ccc3c(c2)OCO3)n1. The number of nitrogens with one attached hydrogen (secondary N) is 2. The Hall–Kier alpha value is -3.86. The Kier molecular flexibility index (Phi) is 4.87. The lowest BCUT2D eigenvalue weighted by atomic mass is 10.2. The Morgan fingerprint density at radius 3 is 2.86 bits per heavy atom. The summed E-state index contributed by atoms with van der Waals surface area (Å²) in [4.78, 5) is 27.2. The molecular formula is C18H14N4O6S. The number of non-ortho nitro benzene ring substituents is 1. The van der Waals surface area contributed by atoms with E-state index in [9.17, 15) is 14.9 Å². The second-order valence-electron chi connectivity index (χ2n) is 5.83. The molecule has 0 spiro atoms. The predicted molar refractivity (Wildman–Crippen MR) is 106 cm³/mol. The van der Waals surface area contributed by atoms with Crippen molar-refractivity contribution in [2.24, 2.45) is 0 Å². The number of benzene rings is 2. The number of aromatic nitrogens is 1. The smallest absolute Gasteiger partial charge is 0.275 e. The van der Waals surface area contributed by atoms with Crippen molar-refractivity contribution in [3.8, 4) is 17.2 Å². The molecule has 2 N–H and O–H groups in total. The molecule has 0 atom stereocenters. The van der Waals surface area contributed by atoms with Crippen LogP contribution >= 0.6 is 11.3 Å². The Morgan fingerprint density at radius 1 is 1.24 bits per heavy atom. The number of hydrogen-bond donors (Lipinski definition) is 2. The number of carbonyl (C=O) groups is 1. The van der Waals surface area contributed by atoms with E-state index < -0.39 is 10.8 Å². The molecule has 29 heavy (non-hydrogen) atoms. The van der Waals surface area contributed by atoms with Gasteiger partial charge in [-0.3, -0.25) is 14.9 Å². The number of nitrogens with zero attached hydrogens (tertiary/aromatic N) is 2. The first-order valence-electron chi connectivity index (χ1n) is 8.29. The second-order valence-corrected chi connectivity index (χ2v) is 6.68. The molecule has 1 aliphatic heterocycles. The van der Waals surface area contributed by atoms with Gasteiger partial charge in [-0.2, -0.15) is 0 Å². The fourth-order valence-corrected chi connectivity index (χ4v) is 3.34. The molecule has 1 aromatic heterocycles. The van der Waals surface area contributed by atoms with Gasteiger partial charge in [-0.1, -0.05) is 0 Å². The third-order valence-electron chi connectivity index (χ3n) is 4.00. The Balaban J connectivity index is 1.49. The largest absolute Gasteiger partial charge is 0.495 e. The maximum absolute atomic E-state index is 12.5. The van der Waals surface area contributed by atoms with Crippen molar-refractivity contribution >= 4 is 39.4 Å². The highest BCUT2D eigenvalue weighted by atomic mass is 32.1. The molecule has 0 saturated carbocycles. The van der Waals surface area contributed by atoms with Gasteiger partial charge in [0.05, 0.1) is 17.7 Å². The molecule has 0 bridgehead atoms. The predicted octanol–water partition coefficient (Wildman–Crippen LogP) is 3.78. The number of nitro groups is 1. The fraction of sp³-hybridized carbons (Fsp3) is 0.111. The Labute approximate surface area is 168 Å². The summed E-state index contributed by atoms with van der Waals surface area (Å²) in [6.07, 6.45) is 0. The minimum Gasteiger partial charge on any atom is -0.495 e. The van der Waals surface area contributed by atoms with E-state index in [1.54, 1.807) is 17.5 Å². The van der Waals surface area contributed by atoms with Crippen molar-refractivity contribution in [2.45, 2.75) is 0 Å². The molecule has 0 aliphatic carbocycles. The number of rotatable bonds is 6. The van der Waals surface area contributed by atoms with Crippen LogP contribution in [0.5, 0.6) is 17.2 Å². The maximum Gasteiger partial charge on any atom is 0.275 e. The number of thiazole rings is 1. The van der Waals surface area contributed by atoms with E-state index in [2.05, 4.69) is 15.6 Å². The molecule has 4 rings (SSSR count). The van der Waals surface area contributed by atoms with Gasteiger partial charge in [0.25, 0.3) is 11.6 Å². The number of nitro benzene ring substituents is 1. The van der Waals surface area contributed by atoms with Gasteiger partial charge in [-0.25, -0.2) is 4.98 Å². The molecule has 148 valence electrons. The van der Waals surface area contributed by atoms with E-state index in [0.29, 0.717) is 22.4 Å². The quantitative estimate of drug-likeness (QED) is 0.461. The van der Waals surface area contributed by atoms with Gasteiger partial charge < -0.3 is 24.8 Å². The normalized spacial score (nSPS) is 11.8. The lowest BCUT2D eigenvalue weighted by molar-refractivity contribution is -0.384. The van der Waals surface area contributed by atoms with E-state index in [1.165, 1.54) is 36.6 Å². The molecule has 1 amide bonds. The second kappa shape index (κ2) is 7.64. The van der Waals surface area contributed by atoms with Crippen LogP contribution < -0.4 is 24.8 Å². The molecule has 2 heterocycles. The fourth-order valence-electron chi connectivity index (χ4n) is 2.63. The number of methoxy groups -OCH3 is 1. The third-order valence-corrected chi connectivity index (χ3v) is 4.76. The summed E-state index contributed by atoms with van der Waals surface area (Å²) in [6.45, 7) is 0.182. The van der Waals surface area contributed by atoms with E-state index >= 15 is 0 Å². The number of hydrogen-bond acceptors (Lipinski definition) is 9. The standard InChI is InChI=1S/C18H14N4O6S/c1-26-14-5-3-11(22(24)25)7-12(14)20-17(23)13-8-29-18(21-13)19-10-2-4-15-16(6-10)28-9-27-15/h2-8H,9H2,1H3,(H,19,21)(H,20,23). The monoisotopic (exact) mass is 414 g/mol. The van der Waals surface area contributed by atoms with Gasteiger partial charge in [0, 0.05) is 29.3 Å². The van der Waals surface area contributed by atoms with Crippen LogP contribution in [0.2, 0.25) is 0 Å². The van der Waals surface area contributed by atoms with Gasteiger partial charge in [0.1, 0.15) is 11.4 Å². The summed E-state index contributed by atoms with van der Waals surface area (Å²) < 4.78 is 15.7.